The molecule has 2 N–H and O–H groups in total. The van der Waals surface area contributed by atoms with Crippen LogP contribution >= 0.6 is 0 Å². The van der Waals surface area contributed by atoms with Crippen LogP contribution in [0.1, 0.15) is 5.56 Å². The molecule has 4 heteroatoms. The van der Waals surface area contributed by atoms with Gasteiger partial charge in [0.2, 0.25) is 0 Å². The number of benzene rings is 2. The van der Waals surface area contributed by atoms with Crippen molar-refractivity contribution in [3.05, 3.63) is 59.7 Å². The predicted molar refractivity (Wildman–Crippen MR) is 65.6 cm³/mol. The number of rotatable bonds is 4. The van der Waals surface area contributed by atoms with Gasteiger partial charge < -0.3 is 10.5 Å². The largest absolute Gasteiger partial charge is 0.454 e. The van der Waals surface area contributed by atoms with Gasteiger partial charge in [-0.25, -0.2) is 8.78 Å². The van der Waals surface area contributed by atoms with E-state index in [1.54, 1.807) is 12.1 Å². The molecule has 0 unspecified atom stereocenters. The van der Waals surface area contributed by atoms with E-state index in [1.807, 2.05) is 12.1 Å². The highest BCUT2D eigenvalue weighted by Gasteiger charge is 2.09. The topological polar surface area (TPSA) is 35.2 Å². The molecule has 0 fully saturated rings. The first-order valence-corrected chi connectivity index (χ1v) is 5.61. The van der Waals surface area contributed by atoms with Crippen LogP contribution in [-0.2, 0) is 6.42 Å². The van der Waals surface area contributed by atoms with E-state index < -0.39 is 11.6 Å². The zero-order valence-electron chi connectivity index (χ0n) is 9.70. The van der Waals surface area contributed by atoms with Crippen molar-refractivity contribution in [2.24, 2.45) is 5.73 Å². The van der Waals surface area contributed by atoms with Crippen LogP contribution in [0.3, 0.4) is 0 Å². The molecule has 18 heavy (non-hydrogen) atoms. The van der Waals surface area contributed by atoms with Crippen LogP contribution < -0.4 is 10.5 Å². The summed E-state index contributed by atoms with van der Waals surface area (Å²) in [7, 11) is 0. The maximum Gasteiger partial charge on any atom is 0.165 e. The molecule has 0 heterocycles. The normalized spacial score (nSPS) is 10.4. The number of hydrogen-bond donors (Lipinski definition) is 1. The standard InChI is InChI=1S/C14H13F2NO/c15-11-5-6-12(16)14(9-11)18-13-4-2-1-3-10(13)7-8-17/h1-6,9H,7-8,17H2. The Morgan fingerprint density at radius 1 is 1.00 bits per heavy atom. The molecule has 0 saturated heterocycles. The van der Waals surface area contributed by atoms with E-state index in [2.05, 4.69) is 0 Å². The molecule has 2 rings (SSSR count). The number of para-hydroxylation sites is 1. The van der Waals surface area contributed by atoms with E-state index in [1.165, 1.54) is 0 Å². The Morgan fingerprint density at radius 3 is 2.56 bits per heavy atom. The van der Waals surface area contributed by atoms with Gasteiger partial charge in [0.05, 0.1) is 0 Å². The van der Waals surface area contributed by atoms with Crippen LogP contribution in [-0.4, -0.2) is 6.54 Å². The quantitative estimate of drug-likeness (QED) is 0.902. The Hall–Kier alpha value is -1.94. The van der Waals surface area contributed by atoms with E-state index in [0.29, 0.717) is 18.7 Å². The third-order valence-corrected chi connectivity index (χ3v) is 2.50. The minimum atomic E-state index is -0.598. The van der Waals surface area contributed by atoms with Crippen LogP contribution in [0, 0.1) is 11.6 Å². The van der Waals surface area contributed by atoms with Gasteiger partial charge in [0.15, 0.2) is 11.6 Å². The van der Waals surface area contributed by atoms with Crippen molar-refractivity contribution < 1.29 is 13.5 Å². The Balaban J connectivity index is 2.30. The Morgan fingerprint density at radius 2 is 1.78 bits per heavy atom. The average Bonchev–Trinajstić information content (AvgIpc) is 2.36. The van der Waals surface area contributed by atoms with E-state index in [9.17, 15) is 8.78 Å². The van der Waals surface area contributed by atoms with Crippen molar-refractivity contribution >= 4 is 0 Å². The summed E-state index contributed by atoms with van der Waals surface area (Å²) < 4.78 is 31.9. The first-order valence-electron chi connectivity index (χ1n) is 5.61. The molecular formula is C14H13F2NO. The fourth-order valence-electron chi connectivity index (χ4n) is 1.64. The monoisotopic (exact) mass is 249 g/mol. The zero-order chi connectivity index (χ0) is 13.0. The summed E-state index contributed by atoms with van der Waals surface area (Å²) >= 11 is 0. The van der Waals surface area contributed by atoms with Crippen molar-refractivity contribution in [2.45, 2.75) is 6.42 Å². The maximum atomic E-state index is 13.5. The molecule has 0 atom stereocenters. The second-order valence-corrected chi connectivity index (χ2v) is 3.82. The van der Waals surface area contributed by atoms with Crippen molar-refractivity contribution in [1.82, 2.24) is 0 Å². The fourth-order valence-corrected chi connectivity index (χ4v) is 1.64. The average molecular weight is 249 g/mol. The number of nitrogens with two attached hydrogens (primary N) is 1. The summed E-state index contributed by atoms with van der Waals surface area (Å²) in [5, 5.41) is 0. The maximum absolute atomic E-state index is 13.5. The smallest absolute Gasteiger partial charge is 0.165 e. The number of ether oxygens (including phenoxy) is 1. The van der Waals surface area contributed by atoms with Crippen molar-refractivity contribution in [3.8, 4) is 11.5 Å². The van der Waals surface area contributed by atoms with Crippen molar-refractivity contribution in [1.29, 1.82) is 0 Å². The van der Waals surface area contributed by atoms with Crippen molar-refractivity contribution in [2.75, 3.05) is 6.54 Å². The minimum absolute atomic E-state index is 0.125. The van der Waals surface area contributed by atoms with Crippen molar-refractivity contribution in [3.63, 3.8) is 0 Å². The zero-order valence-corrected chi connectivity index (χ0v) is 9.70. The lowest BCUT2D eigenvalue weighted by Crippen LogP contribution is -2.04. The first-order chi connectivity index (χ1) is 8.70. The molecule has 0 aliphatic heterocycles. The molecule has 0 aliphatic rings. The lowest BCUT2D eigenvalue weighted by molar-refractivity contribution is 0.432. The predicted octanol–water partition coefficient (Wildman–Crippen LogP) is 3.26. The molecule has 0 spiro atoms. The Labute approximate surface area is 104 Å². The molecular weight excluding hydrogens is 236 g/mol. The molecule has 0 bridgehead atoms. The summed E-state index contributed by atoms with van der Waals surface area (Å²) in [5.41, 5.74) is 6.35. The van der Waals surface area contributed by atoms with Gasteiger partial charge in [-0.15, -0.1) is 0 Å². The molecule has 0 radical (unpaired) electrons. The highest BCUT2D eigenvalue weighted by molar-refractivity contribution is 5.38. The molecule has 2 aromatic rings. The summed E-state index contributed by atoms with van der Waals surface area (Å²) in [6.45, 7) is 0.464. The van der Waals surface area contributed by atoms with E-state index >= 15 is 0 Å². The Kier molecular flexibility index (Phi) is 3.89. The fraction of sp³-hybridized carbons (Fsp3) is 0.143. The van der Waals surface area contributed by atoms with E-state index in [4.69, 9.17) is 10.5 Å². The van der Waals surface area contributed by atoms with Gasteiger partial charge in [0.25, 0.3) is 0 Å². The van der Waals surface area contributed by atoms with Gasteiger partial charge in [0.1, 0.15) is 11.6 Å². The molecule has 0 saturated carbocycles. The summed E-state index contributed by atoms with van der Waals surface area (Å²) in [4.78, 5) is 0. The SMILES string of the molecule is NCCc1ccccc1Oc1cc(F)ccc1F. The Bertz CT molecular complexity index is 543. The minimum Gasteiger partial charge on any atom is -0.454 e. The molecule has 0 aliphatic carbocycles. The van der Waals surface area contributed by atoms with Gasteiger partial charge in [-0.05, 0) is 36.7 Å². The van der Waals surface area contributed by atoms with Crippen LogP contribution in [0.15, 0.2) is 42.5 Å². The van der Waals surface area contributed by atoms with Crippen LogP contribution in [0.2, 0.25) is 0 Å². The summed E-state index contributed by atoms with van der Waals surface area (Å²) in [6, 6.07) is 10.3. The molecule has 0 amide bonds. The highest BCUT2D eigenvalue weighted by Crippen LogP contribution is 2.28. The first kappa shape index (κ1) is 12.5. The van der Waals surface area contributed by atoms with Gasteiger partial charge in [0, 0.05) is 6.07 Å². The lowest BCUT2D eigenvalue weighted by Gasteiger charge is -2.11. The third kappa shape index (κ3) is 2.84. The summed E-state index contributed by atoms with van der Waals surface area (Å²) in [5.74, 6) is -0.770. The highest BCUT2D eigenvalue weighted by atomic mass is 19.1. The van der Waals surface area contributed by atoms with Gasteiger partial charge in [-0.3, -0.25) is 0 Å². The van der Waals surface area contributed by atoms with E-state index in [0.717, 1.165) is 23.8 Å². The molecule has 2 nitrogen and oxygen atoms in total. The summed E-state index contributed by atoms with van der Waals surface area (Å²) in [6.07, 6.45) is 0.618. The number of halogens is 2. The second kappa shape index (κ2) is 5.60. The van der Waals surface area contributed by atoms with Crippen LogP contribution in [0.25, 0.3) is 0 Å². The van der Waals surface area contributed by atoms with Crippen LogP contribution in [0.5, 0.6) is 11.5 Å². The lowest BCUT2D eigenvalue weighted by atomic mass is 10.1. The number of hydrogen-bond acceptors (Lipinski definition) is 2. The molecule has 94 valence electrons. The molecule has 0 aromatic heterocycles. The van der Waals surface area contributed by atoms with E-state index in [-0.39, 0.29) is 5.75 Å². The molecule has 2 aromatic carbocycles. The van der Waals surface area contributed by atoms with Gasteiger partial charge in [-0.1, -0.05) is 18.2 Å². The van der Waals surface area contributed by atoms with Gasteiger partial charge in [-0.2, -0.15) is 0 Å². The third-order valence-electron chi connectivity index (χ3n) is 2.50. The van der Waals surface area contributed by atoms with Gasteiger partial charge >= 0.3 is 0 Å². The second-order valence-electron chi connectivity index (χ2n) is 3.82. The van der Waals surface area contributed by atoms with Crippen LogP contribution in [0.4, 0.5) is 8.78 Å².